The zero-order valence-electron chi connectivity index (χ0n) is 9.72. The molecule has 0 saturated carbocycles. The highest BCUT2D eigenvalue weighted by molar-refractivity contribution is 5.67. The molecule has 0 bridgehead atoms. The van der Waals surface area contributed by atoms with Crippen LogP contribution in [0, 0.1) is 0 Å². The molecule has 0 unspecified atom stereocenters. The molecule has 0 aromatic rings. The quantitative estimate of drug-likeness (QED) is 0.610. The van der Waals surface area contributed by atoms with E-state index in [9.17, 15) is 4.79 Å². The Morgan fingerprint density at radius 2 is 2.20 bits per heavy atom. The van der Waals surface area contributed by atoms with Crippen LogP contribution in [0.1, 0.15) is 20.8 Å². The zero-order valence-corrected chi connectivity index (χ0v) is 9.72. The second-order valence-electron chi connectivity index (χ2n) is 4.74. The smallest absolute Gasteiger partial charge is 0.407 e. The van der Waals surface area contributed by atoms with Gasteiger partial charge in [0.1, 0.15) is 5.60 Å². The van der Waals surface area contributed by atoms with E-state index in [4.69, 9.17) is 4.74 Å². The predicted octanol–water partition coefficient (Wildman–Crippen LogP) is 0.0725. The molecule has 1 heterocycles. The molecule has 0 aromatic heterocycles. The van der Waals surface area contributed by atoms with Crippen LogP contribution in [-0.4, -0.2) is 43.9 Å². The lowest BCUT2D eigenvalue weighted by Crippen LogP contribution is -2.53. The molecule has 15 heavy (non-hydrogen) atoms. The number of hydrogen-bond acceptors (Lipinski definition) is 4. The highest BCUT2D eigenvalue weighted by atomic mass is 16.6. The summed E-state index contributed by atoms with van der Waals surface area (Å²) < 4.78 is 5.13. The maximum Gasteiger partial charge on any atom is 0.407 e. The third-order valence-corrected chi connectivity index (χ3v) is 2.02. The van der Waals surface area contributed by atoms with Crippen molar-refractivity contribution < 1.29 is 9.53 Å². The number of rotatable bonds is 2. The van der Waals surface area contributed by atoms with Crippen LogP contribution in [0.3, 0.4) is 0 Å². The van der Waals surface area contributed by atoms with Gasteiger partial charge in [-0.1, -0.05) is 0 Å². The van der Waals surface area contributed by atoms with Crippen LogP contribution in [0.15, 0.2) is 0 Å². The van der Waals surface area contributed by atoms with Gasteiger partial charge in [-0.05, 0) is 20.8 Å². The molecule has 5 nitrogen and oxygen atoms in total. The van der Waals surface area contributed by atoms with E-state index < -0.39 is 5.60 Å². The first-order valence-corrected chi connectivity index (χ1v) is 5.38. The summed E-state index contributed by atoms with van der Waals surface area (Å²) in [5.74, 6) is 0. The van der Waals surface area contributed by atoms with Crippen LogP contribution in [0.5, 0.6) is 0 Å². The number of carbonyl (C=O) groups is 1. The molecule has 0 radical (unpaired) electrons. The van der Waals surface area contributed by atoms with E-state index in [1.165, 1.54) is 0 Å². The Morgan fingerprint density at radius 1 is 1.47 bits per heavy atom. The molecule has 1 amide bonds. The van der Waals surface area contributed by atoms with Gasteiger partial charge in [-0.2, -0.15) is 0 Å². The standard InChI is InChI=1S/C10H21N3O2/c1-10(2,3)15-9(14)13-7-8-6-11-4-5-12-8/h8,11-12H,4-7H2,1-3H3,(H,13,14)/t8-/m1/s1. The number of alkyl carbamates (subject to hydrolysis) is 1. The van der Waals surface area contributed by atoms with Gasteiger partial charge in [-0.25, -0.2) is 4.79 Å². The summed E-state index contributed by atoms with van der Waals surface area (Å²) in [5.41, 5.74) is -0.428. The van der Waals surface area contributed by atoms with Crippen molar-refractivity contribution in [3.8, 4) is 0 Å². The van der Waals surface area contributed by atoms with E-state index in [1.54, 1.807) is 0 Å². The number of carbonyl (C=O) groups excluding carboxylic acids is 1. The van der Waals surface area contributed by atoms with Crippen LogP contribution in [0.25, 0.3) is 0 Å². The summed E-state index contributed by atoms with van der Waals surface area (Å²) in [7, 11) is 0. The summed E-state index contributed by atoms with van der Waals surface area (Å²) in [6, 6.07) is 0.297. The molecule has 1 fully saturated rings. The highest BCUT2D eigenvalue weighted by Crippen LogP contribution is 2.06. The first-order chi connectivity index (χ1) is 6.97. The number of ether oxygens (including phenoxy) is 1. The van der Waals surface area contributed by atoms with Gasteiger partial charge >= 0.3 is 6.09 Å². The second-order valence-corrected chi connectivity index (χ2v) is 4.74. The van der Waals surface area contributed by atoms with E-state index in [2.05, 4.69) is 16.0 Å². The van der Waals surface area contributed by atoms with Gasteiger partial charge in [0.2, 0.25) is 0 Å². The van der Waals surface area contributed by atoms with E-state index in [0.29, 0.717) is 12.6 Å². The molecule has 1 rings (SSSR count). The second kappa shape index (κ2) is 5.32. The summed E-state index contributed by atoms with van der Waals surface area (Å²) in [4.78, 5) is 11.3. The molecule has 3 N–H and O–H groups in total. The van der Waals surface area contributed by atoms with Crippen molar-refractivity contribution in [3.63, 3.8) is 0 Å². The van der Waals surface area contributed by atoms with Crippen LogP contribution in [0.2, 0.25) is 0 Å². The largest absolute Gasteiger partial charge is 0.444 e. The molecule has 1 atom stereocenters. The van der Waals surface area contributed by atoms with Gasteiger partial charge < -0.3 is 20.7 Å². The van der Waals surface area contributed by atoms with Gasteiger partial charge in [0.15, 0.2) is 0 Å². The van der Waals surface area contributed by atoms with Crippen molar-refractivity contribution >= 4 is 6.09 Å². The van der Waals surface area contributed by atoms with Gasteiger partial charge in [0, 0.05) is 32.2 Å². The molecule has 1 aliphatic heterocycles. The number of amides is 1. The average molecular weight is 215 g/mol. The Hall–Kier alpha value is -0.810. The average Bonchev–Trinajstić information content (AvgIpc) is 2.14. The molecule has 0 aliphatic carbocycles. The molecule has 1 saturated heterocycles. The Morgan fingerprint density at radius 3 is 2.73 bits per heavy atom. The lowest BCUT2D eigenvalue weighted by atomic mass is 10.2. The summed E-state index contributed by atoms with van der Waals surface area (Å²) in [6.07, 6.45) is -0.352. The Labute approximate surface area is 90.9 Å². The van der Waals surface area contributed by atoms with Gasteiger partial charge in [0.25, 0.3) is 0 Å². The van der Waals surface area contributed by atoms with Crippen LogP contribution >= 0.6 is 0 Å². The molecule has 0 spiro atoms. The maximum atomic E-state index is 11.3. The number of hydrogen-bond donors (Lipinski definition) is 3. The molecular formula is C10H21N3O2. The molecule has 1 aliphatic rings. The fourth-order valence-corrected chi connectivity index (χ4v) is 1.38. The zero-order chi connectivity index (χ0) is 11.3. The van der Waals surface area contributed by atoms with Crippen LogP contribution in [0.4, 0.5) is 4.79 Å². The van der Waals surface area contributed by atoms with Crippen molar-refractivity contribution in [2.24, 2.45) is 0 Å². The normalized spacial score (nSPS) is 22.2. The lowest BCUT2D eigenvalue weighted by Gasteiger charge is -2.25. The SMILES string of the molecule is CC(C)(C)OC(=O)NC[C@H]1CNCCN1. The summed E-state index contributed by atoms with van der Waals surface area (Å²) in [6.45, 7) is 8.98. The highest BCUT2D eigenvalue weighted by Gasteiger charge is 2.18. The third-order valence-electron chi connectivity index (χ3n) is 2.02. The van der Waals surface area contributed by atoms with Gasteiger partial charge in [0.05, 0.1) is 0 Å². The number of piperazine rings is 1. The van der Waals surface area contributed by atoms with E-state index in [0.717, 1.165) is 19.6 Å². The van der Waals surface area contributed by atoms with E-state index >= 15 is 0 Å². The number of nitrogens with one attached hydrogen (secondary N) is 3. The lowest BCUT2D eigenvalue weighted by molar-refractivity contribution is 0.0521. The fraction of sp³-hybridized carbons (Fsp3) is 0.900. The first kappa shape index (κ1) is 12.3. The molecule has 88 valence electrons. The Balaban J connectivity index is 2.15. The van der Waals surface area contributed by atoms with Gasteiger partial charge in [-0.15, -0.1) is 0 Å². The van der Waals surface area contributed by atoms with Crippen molar-refractivity contribution in [1.82, 2.24) is 16.0 Å². The summed E-state index contributed by atoms with van der Waals surface area (Å²) >= 11 is 0. The third kappa shape index (κ3) is 5.59. The van der Waals surface area contributed by atoms with Crippen molar-refractivity contribution in [3.05, 3.63) is 0 Å². The minimum absolute atomic E-state index is 0.297. The minimum atomic E-state index is -0.428. The Bertz CT molecular complexity index is 207. The minimum Gasteiger partial charge on any atom is -0.444 e. The topological polar surface area (TPSA) is 62.4 Å². The fourth-order valence-electron chi connectivity index (χ4n) is 1.38. The van der Waals surface area contributed by atoms with Crippen LogP contribution < -0.4 is 16.0 Å². The van der Waals surface area contributed by atoms with Crippen molar-refractivity contribution in [2.45, 2.75) is 32.4 Å². The van der Waals surface area contributed by atoms with E-state index in [-0.39, 0.29) is 6.09 Å². The summed E-state index contributed by atoms with van der Waals surface area (Å²) in [5, 5.41) is 9.30. The first-order valence-electron chi connectivity index (χ1n) is 5.38. The molecule has 0 aromatic carbocycles. The van der Waals surface area contributed by atoms with E-state index in [1.807, 2.05) is 20.8 Å². The maximum absolute atomic E-state index is 11.3. The molecular weight excluding hydrogens is 194 g/mol. The Kier molecular flexibility index (Phi) is 4.35. The van der Waals surface area contributed by atoms with Crippen LogP contribution in [-0.2, 0) is 4.74 Å². The molecule has 5 heteroatoms. The van der Waals surface area contributed by atoms with Gasteiger partial charge in [-0.3, -0.25) is 0 Å². The van der Waals surface area contributed by atoms with Crippen molar-refractivity contribution in [1.29, 1.82) is 0 Å². The monoisotopic (exact) mass is 215 g/mol. The van der Waals surface area contributed by atoms with Crippen molar-refractivity contribution in [2.75, 3.05) is 26.2 Å². The predicted molar refractivity (Wildman–Crippen MR) is 58.9 cm³/mol.